The summed E-state index contributed by atoms with van der Waals surface area (Å²) in [6.07, 6.45) is 4.29. The third-order valence-electron chi connectivity index (χ3n) is 4.57. The average molecular weight is 263 g/mol. The van der Waals surface area contributed by atoms with E-state index in [1.165, 1.54) is 33.5 Å². The molecule has 1 aromatic rings. The Morgan fingerprint density at radius 2 is 1.80 bits per heavy atom. The predicted octanol–water partition coefficient (Wildman–Crippen LogP) is 4.40. The Hall–Kier alpha value is -2.22. The molecule has 3 aliphatic rings. The van der Waals surface area contributed by atoms with Gasteiger partial charge in [0.15, 0.2) is 0 Å². The largest absolute Gasteiger partial charge is 0.461 e. The lowest BCUT2D eigenvalue weighted by atomic mass is 9.85. The van der Waals surface area contributed by atoms with Crippen molar-refractivity contribution < 1.29 is 4.74 Å². The molecule has 2 aliphatic heterocycles. The van der Waals surface area contributed by atoms with Crippen molar-refractivity contribution in [1.29, 1.82) is 0 Å². The van der Waals surface area contributed by atoms with Crippen LogP contribution in [0.1, 0.15) is 26.3 Å². The minimum atomic E-state index is 0.218. The van der Waals surface area contributed by atoms with Crippen LogP contribution in [0.2, 0.25) is 0 Å². The van der Waals surface area contributed by atoms with Crippen LogP contribution in [0.15, 0.2) is 64.7 Å². The third-order valence-corrected chi connectivity index (χ3v) is 4.57. The second-order valence-electron chi connectivity index (χ2n) is 5.60. The van der Waals surface area contributed by atoms with Gasteiger partial charge in [0.05, 0.1) is 6.04 Å². The van der Waals surface area contributed by atoms with Crippen LogP contribution < -0.4 is 5.32 Å². The van der Waals surface area contributed by atoms with Crippen molar-refractivity contribution in [3.8, 4) is 0 Å². The Morgan fingerprint density at radius 3 is 2.65 bits per heavy atom. The van der Waals surface area contributed by atoms with Crippen LogP contribution in [0.25, 0.3) is 5.57 Å². The Labute approximate surface area is 119 Å². The molecule has 1 atom stereocenters. The van der Waals surface area contributed by atoms with Crippen molar-refractivity contribution in [2.45, 2.75) is 26.8 Å². The first-order valence-corrected chi connectivity index (χ1v) is 7.01. The van der Waals surface area contributed by atoms with E-state index in [9.17, 15) is 0 Å². The van der Waals surface area contributed by atoms with E-state index in [2.05, 4.69) is 55.6 Å². The zero-order valence-corrected chi connectivity index (χ0v) is 11.9. The van der Waals surface area contributed by atoms with E-state index < -0.39 is 0 Å². The second kappa shape index (κ2) is 3.89. The first kappa shape index (κ1) is 11.6. The third kappa shape index (κ3) is 1.39. The molecule has 1 aliphatic carbocycles. The molecule has 100 valence electrons. The lowest BCUT2D eigenvalue weighted by molar-refractivity contribution is 0.302. The fraction of sp³-hybridized carbons (Fsp3) is 0.222. The van der Waals surface area contributed by atoms with Gasteiger partial charge in [-0.25, -0.2) is 0 Å². The summed E-state index contributed by atoms with van der Waals surface area (Å²) in [5.41, 5.74) is 7.71. The molecule has 1 unspecified atom stereocenters. The van der Waals surface area contributed by atoms with Crippen molar-refractivity contribution in [2.75, 3.05) is 5.32 Å². The minimum absolute atomic E-state index is 0.218. The molecule has 4 rings (SSSR count). The number of fused-ring (bicyclic) bond motifs is 5. The number of hydrogen-bond donors (Lipinski definition) is 1. The summed E-state index contributed by atoms with van der Waals surface area (Å²) >= 11 is 0. The molecule has 20 heavy (non-hydrogen) atoms. The summed E-state index contributed by atoms with van der Waals surface area (Å²) in [6.45, 7) is 6.36. The van der Waals surface area contributed by atoms with E-state index >= 15 is 0 Å². The van der Waals surface area contributed by atoms with E-state index in [0.29, 0.717) is 0 Å². The first-order chi connectivity index (χ1) is 9.66. The molecular formula is C18H17NO. The molecule has 1 aromatic carbocycles. The molecule has 1 N–H and O–H groups in total. The van der Waals surface area contributed by atoms with Crippen LogP contribution in [0.3, 0.4) is 0 Å². The van der Waals surface area contributed by atoms with Crippen molar-refractivity contribution in [3.05, 3.63) is 70.2 Å². The van der Waals surface area contributed by atoms with Gasteiger partial charge in [-0.15, -0.1) is 0 Å². The summed E-state index contributed by atoms with van der Waals surface area (Å²) in [6, 6.07) is 8.71. The van der Waals surface area contributed by atoms with Gasteiger partial charge in [0.1, 0.15) is 11.5 Å². The number of nitrogens with one attached hydrogen (secondary N) is 1. The van der Waals surface area contributed by atoms with Crippen molar-refractivity contribution >= 4 is 11.3 Å². The fourth-order valence-corrected chi connectivity index (χ4v) is 3.26. The zero-order chi connectivity index (χ0) is 13.9. The summed E-state index contributed by atoms with van der Waals surface area (Å²) < 4.78 is 5.98. The molecule has 0 radical (unpaired) electrons. The van der Waals surface area contributed by atoms with E-state index in [1.807, 2.05) is 6.92 Å². The average Bonchev–Trinajstić information content (AvgIpc) is 2.83. The highest BCUT2D eigenvalue weighted by atomic mass is 16.5. The summed E-state index contributed by atoms with van der Waals surface area (Å²) in [5, 5.41) is 3.63. The molecule has 0 bridgehead atoms. The SMILES string of the molecule is CC1=C(C)C(C)=C2C(=CC=C3c4ccccc4NC32)O1. The van der Waals surface area contributed by atoms with Gasteiger partial charge in [0, 0.05) is 16.8 Å². The van der Waals surface area contributed by atoms with Crippen molar-refractivity contribution in [2.24, 2.45) is 0 Å². The Balaban J connectivity index is 1.91. The van der Waals surface area contributed by atoms with Gasteiger partial charge in [0.25, 0.3) is 0 Å². The number of para-hydroxylation sites is 1. The topological polar surface area (TPSA) is 21.3 Å². The Morgan fingerprint density at radius 1 is 1.00 bits per heavy atom. The highest BCUT2D eigenvalue weighted by Crippen LogP contribution is 2.46. The zero-order valence-electron chi connectivity index (χ0n) is 11.9. The number of ether oxygens (including phenoxy) is 1. The van der Waals surface area contributed by atoms with Crippen molar-refractivity contribution in [1.82, 2.24) is 0 Å². The van der Waals surface area contributed by atoms with E-state index in [-0.39, 0.29) is 6.04 Å². The predicted molar refractivity (Wildman–Crippen MR) is 82.1 cm³/mol. The van der Waals surface area contributed by atoms with Crippen LogP contribution in [-0.4, -0.2) is 6.04 Å². The molecule has 0 aromatic heterocycles. The molecule has 0 amide bonds. The quantitative estimate of drug-likeness (QED) is 0.749. The van der Waals surface area contributed by atoms with Gasteiger partial charge >= 0.3 is 0 Å². The summed E-state index contributed by atoms with van der Waals surface area (Å²) in [7, 11) is 0. The molecule has 0 fully saturated rings. The molecule has 0 saturated heterocycles. The van der Waals surface area contributed by atoms with Gasteiger partial charge in [0.2, 0.25) is 0 Å². The maximum absolute atomic E-state index is 5.98. The van der Waals surface area contributed by atoms with Crippen LogP contribution >= 0.6 is 0 Å². The maximum Gasteiger partial charge on any atom is 0.132 e. The van der Waals surface area contributed by atoms with E-state index in [1.54, 1.807) is 0 Å². The van der Waals surface area contributed by atoms with Crippen LogP contribution in [0.4, 0.5) is 5.69 Å². The standard InChI is InChI=1S/C18H17NO/c1-10-11(2)17-16(20-12(10)3)9-8-14-13-6-4-5-7-15(13)19-18(14)17/h4-9,18-19H,1-3H3. The van der Waals surface area contributed by atoms with Crippen LogP contribution in [0, 0.1) is 0 Å². The molecule has 2 heterocycles. The fourth-order valence-electron chi connectivity index (χ4n) is 3.26. The van der Waals surface area contributed by atoms with Crippen LogP contribution in [0.5, 0.6) is 0 Å². The van der Waals surface area contributed by atoms with Crippen LogP contribution in [-0.2, 0) is 4.74 Å². The lowest BCUT2D eigenvalue weighted by Gasteiger charge is -2.30. The van der Waals surface area contributed by atoms with Gasteiger partial charge in [-0.2, -0.15) is 0 Å². The van der Waals surface area contributed by atoms with E-state index in [4.69, 9.17) is 4.74 Å². The van der Waals surface area contributed by atoms with E-state index in [0.717, 1.165) is 11.5 Å². The number of anilines is 1. The smallest absolute Gasteiger partial charge is 0.132 e. The van der Waals surface area contributed by atoms with Gasteiger partial charge in [-0.3, -0.25) is 0 Å². The van der Waals surface area contributed by atoms with Gasteiger partial charge in [-0.05, 0) is 49.6 Å². The maximum atomic E-state index is 5.98. The normalized spacial score (nSPS) is 23.2. The molecule has 0 saturated carbocycles. The highest BCUT2D eigenvalue weighted by Gasteiger charge is 2.36. The molecule has 2 nitrogen and oxygen atoms in total. The number of allylic oxidation sites excluding steroid dienone is 5. The summed E-state index contributed by atoms with van der Waals surface area (Å²) in [4.78, 5) is 0. The van der Waals surface area contributed by atoms with Gasteiger partial charge < -0.3 is 10.1 Å². The number of rotatable bonds is 0. The second-order valence-corrected chi connectivity index (χ2v) is 5.60. The summed E-state index contributed by atoms with van der Waals surface area (Å²) in [5.74, 6) is 1.99. The minimum Gasteiger partial charge on any atom is -0.461 e. The molecule has 0 spiro atoms. The first-order valence-electron chi connectivity index (χ1n) is 7.01. The Kier molecular flexibility index (Phi) is 2.25. The lowest BCUT2D eigenvalue weighted by Crippen LogP contribution is -2.25. The van der Waals surface area contributed by atoms with Crippen molar-refractivity contribution in [3.63, 3.8) is 0 Å². The number of benzene rings is 1. The number of hydrogen-bond acceptors (Lipinski definition) is 2. The molecular weight excluding hydrogens is 246 g/mol. The highest BCUT2D eigenvalue weighted by molar-refractivity contribution is 5.92. The molecule has 2 heteroatoms. The monoisotopic (exact) mass is 263 g/mol. The Bertz CT molecular complexity index is 746. The van der Waals surface area contributed by atoms with Gasteiger partial charge in [-0.1, -0.05) is 24.3 Å².